The molecule has 0 atom stereocenters. The fraction of sp³-hybridized carbons (Fsp3) is 0.615. The zero-order valence-corrected chi connectivity index (χ0v) is 13.4. The summed E-state index contributed by atoms with van der Waals surface area (Å²) in [6, 6.07) is 0. The molecule has 0 aliphatic carbocycles. The molecular weight excluding hydrogens is 294 g/mol. The van der Waals surface area contributed by atoms with Gasteiger partial charge < -0.3 is 9.47 Å². The number of H-pyrrole nitrogens is 1. The Morgan fingerprint density at radius 3 is 2.76 bits per heavy atom. The molecule has 0 bridgehead atoms. The van der Waals surface area contributed by atoms with Crippen LogP contribution in [0.15, 0.2) is 5.03 Å². The Morgan fingerprint density at radius 2 is 2.14 bits per heavy atom. The Balaban J connectivity index is 2.14. The van der Waals surface area contributed by atoms with Gasteiger partial charge in [0.15, 0.2) is 0 Å². The third-order valence-corrected chi connectivity index (χ3v) is 3.72. The molecule has 2 heterocycles. The topological polar surface area (TPSA) is 84.5 Å². The molecule has 0 fully saturated rings. The van der Waals surface area contributed by atoms with Gasteiger partial charge >= 0.3 is 12.1 Å². The Hall–Kier alpha value is -1.70. The summed E-state index contributed by atoms with van der Waals surface area (Å²) in [5, 5.41) is 7.49. The van der Waals surface area contributed by atoms with Crippen LogP contribution in [-0.4, -0.2) is 45.2 Å². The normalized spacial score (nSPS) is 14.6. The number of aromatic amines is 1. The Labute approximate surface area is 127 Å². The van der Waals surface area contributed by atoms with E-state index in [2.05, 4.69) is 10.2 Å². The lowest BCUT2D eigenvalue weighted by molar-refractivity contribution is 0.0264. The summed E-state index contributed by atoms with van der Waals surface area (Å²) in [6.45, 7) is 7.75. The van der Waals surface area contributed by atoms with Gasteiger partial charge in [0.1, 0.15) is 16.3 Å². The summed E-state index contributed by atoms with van der Waals surface area (Å²) in [6.07, 6.45) is -0.406. The van der Waals surface area contributed by atoms with Crippen molar-refractivity contribution in [2.24, 2.45) is 0 Å². The van der Waals surface area contributed by atoms with Gasteiger partial charge in [-0.25, -0.2) is 9.59 Å². The van der Waals surface area contributed by atoms with Crippen molar-refractivity contribution in [1.29, 1.82) is 0 Å². The summed E-state index contributed by atoms with van der Waals surface area (Å²) >= 11 is 1.38. The SMILES string of the molecule is CCOC(=O)c1[nH]nc2c1CN(C(=O)OC(C)(C)C)CS2. The quantitative estimate of drug-likeness (QED) is 0.844. The largest absolute Gasteiger partial charge is 0.461 e. The first-order valence-electron chi connectivity index (χ1n) is 6.67. The van der Waals surface area contributed by atoms with E-state index in [1.165, 1.54) is 16.7 Å². The molecular formula is C13H19N3O4S. The van der Waals surface area contributed by atoms with E-state index in [9.17, 15) is 9.59 Å². The van der Waals surface area contributed by atoms with E-state index < -0.39 is 17.7 Å². The zero-order chi connectivity index (χ0) is 15.6. The predicted molar refractivity (Wildman–Crippen MR) is 77.0 cm³/mol. The second kappa shape index (κ2) is 5.97. The van der Waals surface area contributed by atoms with Crippen LogP contribution in [0.3, 0.4) is 0 Å². The number of carbonyl (C=O) groups is 2. The van der Waals surface area contributed by atoms with E-state index in [1.54, 1.807) is 6.92 Å². The minimum Gasteiger partial charge on any atom is -0.461 e. The molecule has 0 saturated heterocycles. The van der Waals surface area contributed by atoms with Gasteiger partial charge in [-0.2, -0.15) is 5.10 Å². The minimum atomic E-state index is -0.553. The molecule has 1 aromatic rings. The first-order valence-corrected chi connectivity index (χ1v) is 7.65. The molecule has 21 heavy (non-hydrogen) atoms. The van der Waals surface area contributed by atoms with E-state index in [0.717, 1.165) is 5.03 Å². The van der Waals surface area contributed by atoms with Crippen LogP contribution in [0.25, 0.3) is 0 Å². The maximum Gasteiger partial charge on any atom is 0.411 e. The molecule has 1 amide bonds. The molecule has 1 aliphatic rings. The van der Waals surface area contributed by atoms with E-state index in [0.29, 0.717) is 17.1 Å². The Bertz CT molecular complexity index is 550. The van der Waals surface area contributed by atoms with Crippen molar-refractivity contribution >= 4 is 23.8 Å². The van der Waals surface area contributed by atoms with E-state index >= 15 is 0 Å². The van der Waals surface area contributed by atoms with Crippen LogP contribution in [0.1, 0.15) is 43.7 Å². The fourth-order valence-corrected chi connectivity index (χ4v) is 2.73. The van der Waals surface area contributed by atoms with Crippen molar-refractivity contribution in [3.8, 4) is 0 Å². The number of rotatable bonds is 2. The van der Waals surface area contributed by atoms with Crippen molar-refractivity contribution in [2.45, 2.75) is 44.9 Å². The second-order valence-corrected chi connectivity index (χ2v) is 6.49. The molecule has 0 radical (unpaired) electrons. The van der Waals surface area contributed by atoms with Gasteiger partial charge in [0, 0.05) is 5.56 Å². The lowest BCUT2D eigenvalue weighted by Crippen LogP contribution is -2.38. The molecule has 1 aliphatic heterocycles. The van der Waals surface area contributed by atoms with Crippen LogP contribution < -0.4 is 0 Å². The van der Waals surface area contributed by atoms with Crippen LogP contribution in [0.4, 0.5) is 4.79 Å². The standard InChI is InChI=1S/C13H19N3O4S/c1-5-19-11(17)9-8-6-16(7-21-10(8)15-14-9)12(18)20-13(2,3)4/h5-7H2,1-4H3,(H,14,15). The summed E-state index contributed by atoms with van der Waals surface area (Å²) in [7, 11) is 0. The highest BCUT2D eigenvalue weighted by Crippen LogP contribution is 2.31. The van der Waals surface area contributed by atoms with E-state index in [4.69, 9.17) is 9.47 Å². The molecule has 8 heteroatoms. The number of nitrogens with zero attached hydrogens (tertiary/aromatic N) is 2. The number of carbonyl (C=O) groups excluding carboxylic acids is 2. The first kappa shape index (κ1) is 15.7. The van der Waals surface area contributed by atoms with E-state index in [-0.39, 0.29) is 13.2 Å². The third-order valence-electron chi connectivity index (χ3n) is 2.67. The predicted octanol–water partition coefficient (Wildman–Crippen LogP) is 2.39. The summed E-state index contributed by atoms with van der Waals surface area (Å²) in [5.74, 6) is -0.0208. The number of nitrogens with one attached hydrogen (secondary N) is 1. The average Bonchev–Trinajstić information content (AvgIpc) is 2.79. The minimum absolute atomic E-state index is 0.280. The molecule has 0 spiro atoms. The van der Waals surface area contributed by atoms with Gasteiger partial charge in [-0.15, -0.1) is 0 Å². The number of hydrogen-bond acceptors (Lipinski definition) is 6. The fourth-order valence-electron chi connectivity index (χ4n) is 1.81. The number of fused-ring (bicyclic) bond motifs is 1. The Morgan fingerprint density at radius 1 is 1.43 bits per heavy atom. The Kier molecular flexibility index (Phi) is 4.46. The molecule has 7 nitrogen and oxygen atoms in total. The monoisotopic (exact) mass is 313 g/mol. The zero-order valence-electron chi connectivity index (χ0n) is 12.6. The highest BCUT2D eigenvalue weighted by Gasteiger charge is 2.31. The van der Waals surface area contributed by atoms with Crippen molar-refractivity contribution < 1.29 is 19.1 Å². The summed E-state index contributed by atoms with van der Waals surface area (Å²) < 4.78 is 10.3. The molecule has 0 saturated carbocycles. The lowest BCUT2D eigenvalue weighted by atomic mass is 10.2. The van der Waals surface area contributed by atoms with Gasteiger partial charge in [-0.3, -0.25) is 10.00 Å². The van der Waals surface area contributed by atoms with Gasteiger partial charge in [0.25, 0.3) is 0 Å². The van der Waals surface area contributed by atoms with Gasteiger partial charge in [-0.1, -0.05) is 11.8 Å². The summed E-state index contributed by atoms with van der Waals surface area (Å²) in [4.78, 5) is 25.5. The smallest absolute Gasteiger partial charge is 0.411 e. The number of ether oxygens (including phenoxy) is 2. The van der Waals surface area contributed by atoms with Crippen molar-refractivity contribution in [1.82, 2.24) is 15.1 Å². The lowest BCUT2D eigenvalue weighted by Gasteiger charge is -2.29. The molecule has 2 rings (SSSR count). The number of aromatic nitrogens is 2. The van der Waals surface area contributed by atoms with Gasteiger partial charge in [0.2, 0.25) is 0 Å². The van der Waals surface area contributed by atoms with Gasteiger partial charge in [0.05, 0.1) is 19.0 Å². The molecule has 0 aromatic carbocycles. The number of esters is 1. The number of amides is 1. The summed E-state index contributed by atoms with van der Waals surface area (Å²) in [5.41, 5.74) is 0.422. The van der Waals surface area contributed by atoms with Crippen molar-refractivity contribution in [3.05, 3.63) is 11.3 Å². The van der Waals surface area contributed by atoms with E-state index in [1.807, 2.05) is 20.8 Å². The van der Waals surface area contributed by atoms with Gasteiger partial charge in [-0.05, 0) is 27.7 Å². The van der Waals surface area contributed by atoms with Crippen LogP contribution in [0.2, 0.25) is 0 Å². The second-order valence-electron chi connectivity index (χ2n) is 5.55. The molecule has 0 unspecified atom stereocenters. The van der Waals surface area contributed by atoms with Crippen LogP contribution in [-0.2, 0) is 16.0 Å². The highest BCUT2D eigenvalue weighted by atomic mass is 32.2. The average molecular weight is 313 g/mol. The maximum absolute atomic E-state index is 12.1. The van der Waals surface area contributed by atoms with Crippen LogP contribution in [0, 0.1) is 0 Å². The number of hydrogen-bond donors (Lipinski definition) is 1. The molecule has 1 N–H and O–H groups in total. The van der Waals surface area contributed by atoms with Crippen molar-refractivity contribution in [3.63, 3.8) is 0 Å². The van der Waals surface area contributed by atoms with Crippen LogP contribution in [0.5, 0.6) is 0 Å². The molecule has 1 aromatic heterocycles. The van der Waals surface area contributed by atoms with Crippen LogP contribution >= 0.6 is 11.8 Å². The number of thioether (sulfide) groups is 1. The maximum atomic E-state index is 12.1. The third kappa shape index (κ3) is 3.69. The highest BCUT2D eigenvalue weighted by molar-refractivity contribution is 7.99. The van der Waals surface area contributed by atoms with Crippen molar-refractivity contribution in [2.75, 3.05) is 12.5 Å². The first-order chi connectivity index (χ1) is 9.81. The molecule has 116 valence electrons.